The molecule has 3 N–H and O–H groups in total. The number of nitrogens with zero attached hydrogens (tertiary/aromatic N) is 2. The van der Waals surface area contributed by atoms with Crippen LogP contribution in [-0.2, 0) is 4.79 Å². The molecular weight excluding hydrogens is 290 g/mol. The Hall–Kier alpha value is -1.30. The molecule has 2 aliphatic rings. The number of carbonyl (C=O) groups is 1. The lowest BCUT2D eigenvalue weighted by atomic mass is 9.99. The zero-order valence-electron chi connectivity index (χ0n) is 14.7. The average molecular weight is 323 g/mol. The van der Waals surface area contributed by atoms with Crippen LogP contribution >= 0.6 is 0 Å². The predicted molar refractivity (Wildman–Crippen MR) is 94.6 cm³/mol. The summed E-state index contributed by atoms with van der Waals surface area (Å²) >= 11 is 0. The van der Waals surface area contributed by atoms with Gasteiger partial charge in [0.15, 0.2) is 5.96 Å². The van der Waals surface area contributed by atoms with Gasteiger partial charge in [0.25, 0.3) is 0 Å². The molecule has 1 aliphatic heterocycles. The van der Waals surface area contributed by atoms with E-state index >= 15 is 0 Å². The minimum atomic E-state index is 0.202. The highest BCUT2D eigenvalue weighted by Gasteiger charge is 2.28. The standard InChI is InChI=1S/C17H33N5O/c1-3-18-17(20-9-8-19-16(23)15-4-5-15)21-10-13-22-11-6-14(2)7-12-22/h14-15H,3-13H2,1-2H3,(H,19,23)(H2,18,20,21). The minimum absolute atomic E-state index is 0.202. The number of amides is 1. The van der Waals surface area contributed by atoms with Gasteiger partial charge >= 0.3 is 0 Å². The van der Waals surface area contributed by atoms with E-state index in [4.69, 9.17) is 0 Å². The Morgan fingerprint density at radius 1 is 1.09 bits per heavy atom. The Balaban J connectivity index is 1.60. The van der Waals surface area contributed by atoms with Crippen molar-refractivity contribution in [2.24, 2.45) is 16.8 Å². The molecule has 6 nitrogen and oxygen atoms in total. The molecule has 1 saturated carbocycles. The molecule has 132 valence electrons. The van der Waals surface area contributed by atoms with Gasteiger partial charge < -0.3 is 20.9 Å². The van der Waals surface area contributed by atoms with E-state index in [1.807, 2.05) is 0 Å². The molecule has 0 atom stereocenters. The summed E-state index contributed by atoms with van der Waals surface area (Å²) in [5.74, 6) is 2.20. The summed E-state index contributed by atoms with van der Waals surface area (Å²) in [6.45, 7) is 10.9. The van der Waals surface area contributed by atoms with E-state index in [9.17, 15) is 4.79 Å². The van der Waals surface area contributed by atoms with E-state index in [0.717, 1.165) is 44.4 Å². The number of likely N-dealkylation sites (tertiary alicyclic amines) is 1. The molecule has 0 aromatic carbocycles. The summed E-state index contributed by atoms with van der Waals surface area (Å²) in [7, 11) is 0. The Morgan fingerprint density at radius 2 is 1.78 bits per heavy atom. The maximum Gasteiger partial charge on any atom is 0.223 e. The van der Waals surface area contributed by atoms with Gasteiger partial charge in [0.2, 0.25) is 5.91 Å². The number of nitrogens with one attached hydrogen (secondary N) is 3. The Morgan fingerprint density at radius 3 is 2.43 bits per heavy atom. The highest BCUT2D eigenvalue weighted by atomic mass is 16.2. The average Bonchev–Trinajstić information content (AvgIpc) is 3.38. The summed E-state index contributed by atoms with van der Waals surface area (Å²) in [5, 5.41) is 9.51. The number of carbonyl (C=O) groups excluding carboxylic acids is 1. The molecule has 6 heteroatoms. The number of hydrogen-bond donors (Lipinski definition) is 3. The second-order valence-electron chi connectivity index (χ2n) is 6.78. The summed E-state index contributed by atoms with van der Waals surface area (Å²) in [4.78, 5) is 18.7. The van der Waals surface area contributed by atoms with Crippen LogP contribution in [0.5, 0.6) is 0 Å². The molecule has 1 amide bonds. The smallest absolute Gasteiger partial charge is 0.223 e. The number of guanidine groups is 1. The highest BCUT2D eigenvalue weighted by molar-refractivity contribution is 5.81. The third-order valence-corrected chi connectivity index (χ3v) is 4.57. The van der Waals surface area contributed by atoms with Gasteiger partial charge in [0, 0.05) is 32.1 Å². The first-order valence-electron chi connectivity index (χ1n) is 9.21. The summed E-state index contributed by atoms with van der Waals surface area (Å²) in [6, 6.07) is 0. The van der Waals surface area contributed by atoms with E-state index in [-0.39, 0.29) is 11.8 Å². The maximum absolute atomic E-state index is 11.6. The Bertz CT molecular complexity index is 386. The van der Waals surface area contributed by atoms with Crippen molar-refractivity contribution in [2.45, 2.75) is 39.5 Å². The normalized spacial score (nSPS) is 20.3. The van der Waals surface area contributed by atoms with Gasteiger partial charge in [-0.3, -0.25) is 9.79 Å². The van der Waals surface area contributed by atoms with Gasteiger partial charge in [-0.25, -0.2) is 0 Å². The van der Waals surface area contributed by atoms with Crippen LogP contribution in [0.2, 0.25) is 0 Å². The van der Waals surface area contributed by atoms with Crippen molar-refractivity contribution >= 4 is 11.9 Å². The first-order valence-corrected chi connectivity index (χ1v) is 9.21. The highest BCUT2D eigenvalue weighted by Crippen LogP contribution is 2.28. The van der Waals surface area contributed by atoms with Gasteiger partial charge in [0.1, 0.15) is 0 Å². The van der Waals surface area contributed by atoms with E-state index in [0.29, 0.717) is 13.1 Å². The van der Waals surface area contributed by atoms with Crippen molar-refractivity contribution < 1.29 is 4.79 Å². The lowest BCUT2D eigenvalue weighted by Gasteiger charge is -2.29. The van der Waals surface area contributed by atoms with Crippen LogP contribution in [0.1, 0.15) is 39.5 Å². The Labute approximate surface area is 140 Å². The molecule has 23 heavy (non-hydrogen) atoms. The summed E-state index contributed by atoms with van der Waals surface area (Å²) in [5.41, 5.74) is 0. The van der Waals surface area contributed by atoms with Gasteiger partial charge in [0.05, 0.1) is 6.54 Å². The number of aliphatic imine (C=N–C) groups is 1. The Kier molecular flexibility index (Phi) is 7.65. The number of rotatable bonds is 8. The van der Waals surface area contributed by atoms with E-state index in [2.05, 4.69) is 39.7 Å². The molecule has 1 saturated heterocycles. The monoisotopic (exact) mass is 323 g/mol. The molecule has 0 aromatic heterocycles. The number of piperidine rings is 1. The summed E-state index contributed by atoms with van der Waals surface area (Å²) in [6.07, 6.45) is 4.72. The SMILES string of the molecule is CCNC(=NCCN1CCC(C)CC1)NCCNC(=O)C1CC1. The molecule has 0 unspecified atom stereocenters. The third-order valence-electron chi connectivity index (χ3n) is 4.57. The fourth-order valence-corrected chi connectivity index (χ4v) is 2.79. The molecule has 1 aliphatic carbocycles. The van der Waals surface area contributed by atoms with Crippen LogP contribution in [0.15, 0.2) is 4.99 Å². The van der Waals surface area contributed by atoms with Crippen molar-refractivity contribution in [3.8, 4) is 0 Å². The first kappa shape index (κ1) is 18.0. The zero-order valence-corrected chi connectivity index (χ0v) is 14.7. The molecule has 0 bridgehead atoms. The third kappa shape index (κ3) is 7.20. The van der Waals surface area contributed by atoms with Crippen LogP contribution in [0.4, 0.5) is 0 Å². The van der Waals surface area contributed by atoms with Gasteiger partial charge in [-0.1, -0.05) is 6.92 Å². The lowest BCUT2D eigenvalue weighted by Crippen LogP contribution is -2.42. The van der Waals surface area contributed by atoms with Crippen molar-refractivity contribution in [3.05, 3.63) is 0 Å². The van der Waals surface area contributed by atoms with Crippen molar-refractivity contribution in [2.75, 3.05) is 45.8 Å². The molecule has 0 radical (unpaired) electrons. The fourth-order valence-electron chi connectivity index (χ4n) is 2.79. The largest absolute Gasteiger partial charge is 0.357 e. The van der Waals surface area contributed by atoms with Crippen LogP contribution in [-0.4, -0.2) is 62.6 Å². The quantitative estimate of drug-likeness (QED) is 0.351. The summed E-state index contributed by atoms with van der Waals surface area (Å²) < 4.78 is 0. The van der Waals surface area contributed by atoms with Gasteiger partial charge in [-0.05, 0) is 51.6 Å². The molecule has 2 rings (SSSR count). The van der Waals surface area contributed by atoms with E-state index in [1.165, 1.54) is 25.9 Å². The zero-order chi connectivity index (χ0) is 16.5. The van der Waals surface area contributed by atoms with Crippen LogP contribution in [0.3, 0.4) is 0 Å². The minimum Gasteiger partial charge on any atom is -0.357 e. The molecular formula is C17H33N5O. The van der Waals surface area contributed by atoms with Gasteiger partial charge in [-0.2, -0.15) is 0 Å². The topological polar surface area (TPSA) is 68.8 Å². The lowest BCUT2D eigenvalue weighted by molar-refractivity contribution is -0.122. The second-order valence-corrected chi connectivity index (χ2v) is 6.78. The molecule has 0 spiro atoms. The number of hydrogen-bond acceptors (Lipinski definition) is 3. The van der Waals surface area contributed by atoms with E-state index in [1.54, 1.807) is 0 Å². The predicted octanol–water partition coefficient (Wildman–Crippen LogP) is 0.800. The second kappa shape index (κ2) is 9.75. The maximum atomic E-state index is 11.6. The van der Waals surface area contributed by atoms with Crippen molar-refractivity contribution in [1.29, 1.82) is 0 Å². The first-order chi connectivity index (χ1) is 11.2. The van der Waals surface area contributed by atoms with Crippen LogP contribution < -0.4 is 16.0 Å². The molecule has 1 heterocycles. The van der Waals surface area contributed by atoms with E-state index < -0.39 is 0 Å². The fraction of sp³-hybridized carbons (Fsp3) is 0.882. The van der Waals surface area contributed by atoms with Gasteiger partial charge in [-0.15, -0.1) is 0 Å². The van der Waals surface area contributed by atoms with Crippen LogP contribution in [0, 0.1) is 11.8 Å². The van der Waals surface area contributed by atoms with Crippen molar-refractivity contribution in [3.63, 3.8) is 0 Å². The molecule has 2 fully saturated rings. The molecule has 0 aromatic rings. The van der Waals surface area contributed by atoms with Crippen LogP contribution in [0.25, 0.3) is 0 Å². The van der Waals surface area contributed by atoms with Crippen molar-refractivity contribution in [1.82, 2.24) is 20.9 Å².